The van der Waals surface area contributed by atoms with Crippen molar-refractivity contribution < 1.29 is 39.5 Å². The van der Waals surface area contributed by atoms with Crippen LogP contribution in [0.5, 0.6) is 11.5 Å². The molecule has 6 N–H and O–H groups in total. The molecule has 0 fully saturated rings. The highest BCUT2D eigenvalue weighted by molar-refractivity contribution is 6.32. The van der Waals surface area contributed by atoms with Crippen LogP contribution in [0.2, 0.25) is 0 Å². The first-order valence-electron chi connectivity index (χ1n) is 12.0. The summed E-state index contributed by atoms with van der Waals surface area (Å²) in [4.78, 5) is 24.6. The van der Waals surface area contributed by atoms with Crippen molar-refractivity contribution in [1.82, 2.24) is 10.9 Å². The van der Waals surface area contributed by atoms with E-state index in [4.69, 9.17) is 14.6 Å². The molecule has 3 atom stereocenters. The van der Waals surface area contributed by atoms with Gasteiger partial charge in [0.15, 0.2) is 0 Å². The maximum absolute atomic E-state index is 12.4. The van der Waals surface area contributed by atoms with Crippen LogP contribution in [0.25, 0.3) is 0 Å². The highest BCUT2D eigenvalue weighted by Crippen LogP contribution is 2.13. The van der Waals surface area contributed by atoms with Crippen molar-refractivity contribution >= 4 is 23.7 Å². The molecule has 2 amide bonds. The van der Waals surface area contributed by atoms with Crippen LogP contribution in [0.4, 0.5) is 0 Å². The first-order valence-corrected chi connectivity index (χ1v) is 12.0. The summed E-state index contributed by atoms with van der Waals surface area (Å²) in [5.41, 5.74) is 5.53. The predicted molar refractivity (Wildman–Crippen MR) is 140 cm³/mol. The third-order valence-corrected chi connectivity index (χ3v) is 5.10. The molecule has 0 saturated carbocycles. The van der Waals surface area contributed by atoms with Crippen molar-refractivity contribution in [2.24, 2.45) is 10.2 Å². The molecule has 0 aliphatic carbocycles. The van der Waals surface area contributed by atoms with E-state index in [-0.39, 0.29) is 18.6 Å². The molecule has 0 aliphatic heterocycles. The van der Waals surface area contributed by atoms with Crippen LogP contribution in [-0.4, -0.2) is 82.3 Å². The van der Waals surface area contributed by atoms with E-state index in [1.807, 2.05) is 13.8 Å². The largest absolute Gasteiger partial charge is 0.494 e. The first-order chi connectivity index (χ1) is 18.3. The van der Waals surface area contributed by atoms with Crippen molar-refractivity contribution in [2.75, 3.05) is 19.8 Å². The third kappa shape index (κ3) is 10.3. The van der Waals surface area contributed by atoms with Crippen LogP contribution < -0.4 is 20.3 Å². The number of amides is 2. The lowest BCUT2D eigenvalue weighted by atomic mass is 10.0. The monoisotopic (exact) mass is 530 g/mol. The number of carbonyl (C=O) groups is 2. The summed E-state index contributed by atoms with van der Waals surface area (Å²) in [6.45, 7) is 3.94. The smallest absolute Gasteiger partial charge is 0.244 e. The van der Waals surface area contributed by atoms with E-state index in [9.17, 15) is 24.9 Å². The summed E-state index contributed by atoms with van der Waals surface area (Å²) in [6, 6.07) is 13.8. The molecule has 0 unspecified atom stereocenters. The van der Waals surface area contributed by atoms with Crippen LogP contribution in [0.15, 0.2) is 58.7 Å². The number of hydrazone groups is 2. The minimum atomic E-state index is -1.84. The zero-order chi connectivity index (χ0) is 27.9. The van der Waals surface area contributed by atoms with Gasteiger partial charge in [0, 0.05) is 0 Å². The molecule has 0 heterocycles. The van der Waals surface area contributed by atoms with Crippen LogP contribution >= 0.6 is 0 Å². The SMILES string of the molecule is CCOc1ccc(CC(=O)N/N=C(/C=N/NC(=O)Cc2ccc(OCC)cc2)[C@H](O)[C@H](O)[C@H](O)CO)cc1. The first kappa shape index (κ1) is 30.4. The summed E-state index contributed by atoms with van der Waals surface area (Å²) < 4.78 is 10.7. The second kappa shape index (κ2) is 16.1. The highest BCUT2D eigenvalue weighted by atomic mass is 16.5. The lowest BCUT2D eigenvalue weighted by Gasteiger charge is -2.21. The second-order valence-corrected chi connectivity index (χ2v) is 8.06. The van der Waals surface area contributed by atoms with Gasteiger partial charge in [0.05, 0.1) is 38.9 Å². The maximum atomic E-state index is 12.4. The molecule has 12 heteroatoms. The Bertz CT molecular complexity index is 1070. The van der Waals surface area contributed by atoms with E-state index < -0.39 is 36.7 Å². The average molecular weight is 531 g/mol. The van der Waals surface area contributed by atoms with Gasteiger partial charge in [-0.05, 0) is 49.2 Å². The van der Waals surface area contributed by atoms with E-state index in [0.717, 1.165) is 6.21 Å². The molecule has 206 valence electrons. The van der Waals surface area contributed by atoms with Crippen LogP contribution in [0, 0.1) is 0 Å². The fraction of sp³-hybridized carbons (Fsp3) is 0.385. The van der Waals surface area contributed by atoms with Gasteiger partial charge in [0.2, 0.25) is 11.8 Å². The van der Waals surface area contributed by atoms with E-state index >= 15 is 0 Å². The Kier molecular flexibility index (Phi) is 12.9. The molecule has 2 aromatic carbocycles. The Labute approximate surface area is 220 Å². The Morgan fingerprint density at radius 3 is 1.76 bits per heavy atom. The van der Waals surface area contributed by atoms with Gasteiger partial charge >= 0.3 is 0 Å². The van der Waals surface area contributed by atoms with Gasteiger partial charge in [-0.1, -0.05) is 24.3 Å². The number of ether oxygens (including phenoxy) is 2. The number of hydrogen-bond acceptors (Lipinski definition) is 10. The Hall–Kier alpha value is -3.84. The summed E-state index contributed by atoms with van der Waals surface area (Å²) in [6.07, 6.45) is -4.48. The van der Waals surface area contributed by atoms with Gasteiger partial charge in [-0.3, -0.25) is 9.59 Å². The summed E-state index contributed by atoms with van der Waals surface area (Å²) in [5, 5.41) is 46.7. The Morgan fingerprint density at radius 2 is 1.32 bits per heavy atom. The standard InChI is InChI=1S/C26H34N4O8/c1-3-37-19-9-5-17(6-10-19)13-23(33)29-27-15-21(25(35)26(36)22(32)16-31)28-30-24(34)14-18-7-11-20(12-8-18)38-4-2/h5-12,15,22,25-26,31-32,35-36H,3-4,13-14,16H2,1-2H3,(H,29,33)(H,30,34)/b27-15+,28-21-/t22-,25+,26-/m1/s1. The molecule has 0 saturated heterocycles. The highest BCUT2D eigenvalue weighted by Gasteiger charge is 2.28. The molecular formula is C26H34N4O8. The number of aliphatic hydroxyl groups excluding tert-OH is 4. The molecule has 0 aliphatic rings. The minimum absolute atomic E-state index is 0.00342. The lowest BCUT2D eigenvalue weighted by Crippen LogP contribution is -2.45. The van der Waals surface area contributed by atoms with Crippen molar-refractivity contribution in [2.45, 2.75) is 45.0 Å². The number of rotatable bonds is 15. The van der Waals surface area contributed by atoms with Gasteiger partial charge in [0.1, 0.15) is 35.5 Å². The van der Waals surface area contributed by atoms with E-state index in [0.29, 0.717) is 35.8 Å². The van der Waals surface area contributed by atoms with E-state index in [1.165, 1.54) is 0 Å². The van der Waals surface area contributed by atoms with Crippen molar-refractivity contribution in [1.29, 1.82) is 0 Å². The lowest BCUT2D eigenvalue weighted by molar-refractivity contribution is -0.121. The summed E-state index contributed by atoms with van der Waals surface area (Å²) >= 11 is 0. The van der Waals surface area contributed by atoms with Crippen molar-refractivity contribution in [3.63, 3.8) is 0 Å². The molecule has 12 nitrogen and oxygen atoms in total. The number of carbonyl (C=O) groups excluding carboxylic acids is 2. The molecule has 0 spiro atoms. The zero-order valence-corrected chi connectivity index (χ0v) is 21.3. The fourth-order valence-corrected chi connectivity index (χ4v) is 3.15. The van der Waals surface area contributed by atoms with Crippen LogP contribution in [0.3, 0.4) is 0 Å². The maximum Gasteiger partial charge on any atom is 0.244 e. The van der Waals surface area contributed by atoms with Crippen molar-refractivity contribution in [3.8, 4) is 11.5 Å². The third-order valence-electron chi connectivity index (χ3n) is 5.10. The number of hydrogen-bond donors (Lipinski definition) is 6. The van der Waals surface area contributed by atoms with Gasteiger partial charge in [-0.2, -0.15) is 10.2 Å². The molecule has 0 radical (unpaired) electrons. The van der Waals surface area contributed by atoms with E-state index in [1.54, 1.807) is 48.5 Å². The van der Waals surface area contributed by atoms with Gasteiger partial charge < -0.3 is 29.9 Å². The zero-order valence-electron chi connectivity index (χ0n) is 21.3. The predicted octanol–water partition coefficient (Wildman–Crippen LogP) is -0.0816. The molecule has 0 bridgehead atoms. The molecule has 38 heavy (non-hydrogen) atoms. The Balaban J connectivity index is 2.04. The number of aliphatic hydroxyl groups is 4. The van der Waals surface area contributed by atoms with Crippen LogP contribution in [0.1, 0.15) is 25.0 Å². The van der Waals surface area contributed by atoms with E-state index in [2.05, 4.69) is 21.1 Å². The number of benzene rings is 2. The minimum Gasteiger partial charge on any atom is -0.494 e. The second-order valence-electron chi connectivity index (χ2n) is 8.06. The van der Waals surface area contributed by atoms with Gasteiger partial charge in [-0.15, -0.1) is 0 Å². The topological polar surface area (TPSA) is 182 Å². The summed E-state index contributed by atoms with van der Waals surface area (Å²) in [5.74, 6) is 0.328. The van der Waals surface area contributed by atoms with Gasteiger partial charge in [0.25, 0.3) is 0 Å². The fourth-order valence-electron chi connectivity index (χ4n) is 3.15. The molecular weight excluding hydrogens is 496 g/mol. The Morgan fingerprint density at radius 1 is 0.842 bits per heavy atom. The quantitative estimate of drug-likeness (QED) is 0.136. The van der Waals surface area contributed by atoms with Crippen molar-refractivity contribution in [3.05, 3.63) is 59.7 Å². The molecule has 2 aromatic rings. The normalized spacial score (nSPS) is 14.0. The number of nitrogens with zero attached hydrogens (tertiary/aromatic N) is 2. The van der Waals surface area contributed by atoms with Crippen LogP contribution in [-0.2, 0) is 22.4 Å². The summed E-state index contributed by atoms with van der Waals surface area (Å²) in [7, 11) is 0. The number of nitrogens with one attached hydrogen (secondary N) is 2. The van der Waals surface area contributed by atoms with Gasteiger partial charge in [-0.25, -0.2) is 10.9 Å². The average Bonchev–Trinajstić information content (AvgIpc) is 2.91. The molecule has 0 aromatic heterocycles. The molecule has 2 rings (SSSR count).